The van der Waals surface area contributed by atoms with Gasteiger partial charge in [-0.2, -0.15) is 0 Å². The van der Waals surface area contributed by atoms with E-state index in [0.717, 1.165) is 23.5 Å². The molecule has 1 aromatic rings. The fourth-order valence-corrected chi connectivity index (χ4v) is 2.49. The van der Waals surface area contributed by atoms with Crippen molar-refractivity contribution in [3.63, 3.8) is 0 Å². The number of hydrogen-bond donors (Lipinski definition) is 0. The van der Waals surface area contributed by atoms with Gasteiger partial charge in [-0.05, 0) is 20.3 Å². The smallest absolute Gasteiger partial charge is 0.168 e. The van der Waals surface area contributed by atoms with Crippen molar-refractivity contribution in [2.45, 2.75) is 46.1 Å². The van der Waals surface area contributed by atoms with Crippen LogP contribution < -0.4 is 0 Å². The summed E-state index contributed by atoms with van der Waals surface area (Å²) in [6.07, 6.45) is 1.88. The Morgan fingerprint density at radius 1 is 1.50 bits per heavy atom. The molecule has 0 aromatic carbocycles. The predicted molar refractivity (Wildman–Crippen MR) is 66.0 cm³/mol. The van der Waals surface area contributed by atoms with Crippen molar-refractivity contribution in [1.29, 1.82) is 0 Å². The van der Waals surface area contributed by atoms with Crippen molar-refractivity contribution in [3.05, 3.63) is 15.6 Å². The number of thiazole rings is 1. The molecule has 1 unspecified atom stereocenters. The molecular formula is C12H19NO2S. The van der Waals surface area contributed by atoms with Gasteiger partial charge in [-0.1, -0.05) is 13.3 Å². The van der Waals surface area contributed by atoms with Gasteiger partial charge in [0.25, 0.3) is 0 Å². The second-order valence-corrected chi connectivity index (χ2v) is 5.19. The average molecular weight is 241 g/mol. The molecule has 90 valence electrons. The van der Waals surface area contributed by atoms with Crippen LogP contribution in [0.25, 0.3) is 0 Å². The number of nitrogens with zero attached hydrogens (tertiary/aromatic N) is 1. The lowest BCUT2D eigenvalue weighted by atomic mass is 10.1. The molecule has 0 amide bonds. The molecule has 1 rings (SSSR count). The number of aryl methyl sites for hydroxylation is 2. The molecule has 3 nitrogen and oxygen atoms in total. The van der Waals surface area contributed by atoms with Gasteiger partial charge in [0.1, 0.15) is 11.1 Å². The van der Waals surface area contributed by atoms with Crippen LogP contribution in [0.4, 0.5) is 0 Å². The Kier molecular flexibility index (Phi) is 5.09. The van der Waals surface area contributed by atoms with E-state index in [1.807, 2.05) is 13.8 Å². The molecule has 1 atom stereocenters. The number of Topliss-reactive ketones (excluding diaryl/α,β-unsaturated/α-hetero) is 1. The van der Waals surface area contributed by atoms with Gasteiger partial charge < -0.3 is 4.74 Å². The van der Waals surface area contributed by atoms with Crippen molar-refractivity contribution < 1.29 is 9.53 Å². The van der Waals surface area contributed by atoms with Gasteiger partial charge in [-0.3, -0.25) is 4.79 Å². The van der Waals surface area contributed by atoms with E-state index < -0.39 is 0 Å². The zero-order chi connectivity index (χ0) is 12.1. The summed E-state index contributed by atoms with van der Waals surface area (Å²) in [5, 5.41) is 0.901. The van der Waals surface area contributed by atoms with E-state index in [1.165, 1.54) is 4.88 Å². The molecule has 1 heterocycles. The van der Waals surface area contributed by atoms with Gasteiger partial charge in [-0.15, -0.1) is 11.3 Å². The van der Waals surface area contributed by atoms with Gasteiger partial charge in [-0.25, -0.2) is 4.98 Å². The lowest BCUT2D eigenvalue weighted by Gasteiger charge is -2.11. The molecule has 16 heavy (non-hydrogen) atoms. The summed E-state index contributed by atoms with van der Waals surface area (Å²) >= 11 is 1.60. The average Bonchev–Trinajstić information content (AvgIpc) is 2.54. The number of carbonyl (C=O) groups is 1. The monoisotopic (exact) mass is 241 g/mol. The van der Waals surface area contributed by atoms with Gasteiger partial charge in [0.05, 0.1) is 12.1 Å². The molecule has 0 radical (unpaired) electrons. The molecule has 0 aliphatic heterocycles. The van der Waals surface area contributed by atoms with E-state index in [2.05, 4.69) is 11.9 Å². The van der Waals surface area contributed by atoms with Crippen LogP contribution in [0.2, 0.25) is 0 Å². The van der Waals surface area contributed by atoms with Crippen molar-refractivity contribution in [2.75, 3.05) is 7.11 Å². The van der Waals surface area contributed by atoms with Gasteiger partial charge in [0.2, 0.25) is 0 Å². The van der Waals surface area contributed by atoms with E-state index in [0.29, 0.717) is 6.42 Å². The summed E-state index contributed by atoms with van der Waals surface area (Å²) in [5.41, 5.74) is 1.03. The number of rotatable bonds is 6. The first-order chi connectivity index (χ1) is 7.58. The molecular weight excluding hydrogens is 222 g/mol. The molecule has 4 heteroatoms. The van der Waals surface area contributed by atoms with Crippen LogP contribution in [0.3, 0.4) is 0 Å². The molecule has 0 saturated heterocycles. The fraction of sp³-hybridized carbons (Fsp3) is 0.667. The van der Waals surface area contributed by atoms with Crippen molar-refractivity contribution in [1.82, 2.24) is 4.98 Å². The first-order valence-corrected chi connectivity index (χ1v) is 6.38. The Morgan fingerprint density at radius 3 is 2.62 bits per heavy atom. The Labute approximate surface area is 101 Å². The highest BCUT2D eigenvalue weighted by Crippen LogP contribution is 2.18. The summed E-state index contributed by atoms with van der Waals surface area (Å²) in [6.45, 7) is 6.05. The van der Waals surface area contributed by atoms with E-state index in [4.69, 9.17) is 4.74 Å². The highest BCUT2D eigenvalue weighted by molar-refractivity contribution is 7.11. The SMILES string of the molecule is CCCC(OC)C(=O)Cc1nc(C)c(C)s1. The highest BCUT2D eigenvalue weighted by atomic mass is 32.1. The first kappa shape index (κ1) is 13.3. The minimum absolute atomic E-state index is 0.137. The fourth-order valence-electron chi connectivity index (χ4n) is 1.55. The minimum Gasteiger partial charge on any atom is -0.374 e. The van der Waals surface area contributed by atoms with Crippen LogP contribution in [-0.4, -0.2) is 24.0 Å². The normalized spacial score (nSPS) is 12.8. The number of ether oxygens (including phenoxy) is 1. The zero-order valence-electron chi connectivity index (χ0n) is 10.4. The summed E-state index contributed by atoms with van der Waals surface area (Å²) in [7, 11) is 1.59. The van der Waals surface area contributed by atoms with Gasteiger partial charge in [0, 0.05) is 12.0 Å². The Balaban J connectivity index is 2.62. The minimum atomic E-state index is -0.269. The summed E-state index contributed by atoms with van der Waals surface area (Å²) in [4.78, 5) is 17.5. The second kappa shape index (κ2) is 6.11. The van der Waals surface area contributed by atoms with E-state index >= 15 is 0 Å². The number of hydrogen-bond acceptors (Lipinski definition) is 4. The topological polar surface area (TPSA) is 39.2 Å². The second-order valence-electron chi connectivity index (χ2n) is 3.91. The molecule has 0 fully saturated rings. The largest absolute Gasteiger partial charge is 0.374 e. The van der Waals surface area contributed by atoms with Crippen molar-refractivity contribution in [2.24, 2.45) is 0 Å². The standard InChI is InChI=1S/C12H19NO2S/c1-5-6-11(15-4)10(14)7-12-13-8(2)9(3)16-12/h11H,5-7H2,1-4H3. The van der Waals surface area contributed by atoms with Crippen LogP contribution >= 0.6 is 11.3 Å². The third-order valence-electron chi connectivity index (χ3n) is 2.59. The maximum atomic E-state index is 11.9. The van der Waals surface area contributed by atoms with Crippen LogP contribution in [0, 0.1) is 13.8 Å². The van der Waals surface area contributed by atoms with Crippen LogP contribution in [0.15, 0.2) is 0 Å². The number of carbonyl (C=O) groups excluding carboxylic acids is 1. The Hall–Kier alpha value is -0.740. The summed E-state index contributed by atoms with van der Waals surface area (Å²) in [5.74, 6) is 0.137. The van der Waals surface area contributed by atoms with Crippen LogP contribution in [-0.2, 0) is 16.0 Å². The van der Waals surface area contributed by atoms with Gasteiger partial charge in [0.15, 0.2) is 5.78 Å². The van der Waals surface area contributed by atoms with Crippen LogP contribution in [0.1, 0.15) is 35.3 Å². The zero-order valence-corrected chi connectivity index (χ0v) is 11.2. The van der Waals surface area contributed by atoms with E-state index in [-0.39, 0.29) is 11.9 Å². The molecule has 0 aliphatic carbocycles. The van der Waals surface area contributed by atoms with E-state index in [1.54, 1.807) is 18.4 Å². The highest BCUT2D eigenvalue weighted by Gasteiger charge is 2.18. The summed E-state index contributed by atoms with van der Waals surface area (Å²) < 4.78 is 5.19. The number of aromatic nitrogens is 1. The molecule has 0 spiro atoms. The molecule has 0 N–H and O–H groups in total. The maximum Gasteiger partial charge on any atom is 0.168 e. The quantitative estimate of drug-likeness (QED) is 0.768. The van der Waals surface area contributed by atoms with E-state index in [9.17, 15) is 4.79 Å². The van der Waals surface area contributed by atoms with Crippen molar-refractivity contribution >= 4 is 17.1 Å². The number of methoxy groups -OCH3 is 1. The number of ketones is 1. The predicted octanol–water partition coefficient (Wildman–Crippen LogP) is 2.69. The maximum absolute atomic E-state index is 11.9. The lowest BCUT2D eigenvalue weighted by Crippen LogP contribution is -2.24. The molecule has 0 aliphatic rings. The van der Waals surface area contributed by atoms with Gasteiger partial charge >= 0.3 is 0 Å². The summed E-state index contributed by atoms with van der Waals surface area (Å²) in [6, 6.07) is 0. The Bertz CT molecular complexity index is 340. The molecule has 1 aromatic heterocycles. The third-order valence-corrected chi connectivity index (χ3v) is 3.67. The Morgan fingerprint density at radius 2 is 2.19 bits per heavy atom. The first-order valence-electron chi connectivity index (χ1n) is 5.56. The molecule has 0 bridgehead atoms. The lowest BCUT2D eigenvalue weighted by molar-refractivity contribution is -0.128. The van der Waals surface area contributed by atoms with Crippen molar-refractivity contribution in [3.8, 4) is 0 Å². The molecule has 0 saturated carbocycles. The third kappa shape index (κ3) is 3.39. The van der Waals surface area contributed by atoms with Crippen LogP contribution in [0.5, 0.6) is 0 Å².